The van der Waals surface area contributed by atoms with Crippen molar-refractivity contribution < 1.29 is 13.9 Å². The first-order valence-electron chi connectivity index (χ1n) is 5.36. The highest BCUT2D eigenvalue weighted by Gasteiger charge is 2.21. The van der Waals surface area contributed by atoms with Crippen molar-refractivity contribution in [2.75, 3.05) is 30.9 Å². The third-order valence-electron chi connectivity index (χ3n) is 2.26. The highest BCUT2D eigenvalue weighted by atomic mass is 32.2. The van der Waals surface area contributed by atoms with Gasteiger partial charge in [0.2, 0.25) is 0 Å². The molecule has 0 radical (unpaired) electrons. The maximum atomic E-state index is 11.8. The molecule has 0 spiro atoms. The van der Waals surface area contributed by atoms with E-state index in [1.165, 1.54) is 12.3 Å². The Kier molecular flexibility index (Phi) is 5.37. The molecule has 9 heteroatoms. The zero-order valence-corrected chi connectivity index (χ0v) is 11.3. The van der Waals surface area contributed by atoms with Gasteiger partial charge in [-0.1, -0.05) is 0 Å². The highest BCUT2D eigenvalue weighted by molar-refractivity contribution is 7.84. The highest BCUT2D eigenvalue weighted by Crippen LogP contribution is 2.19. The van der Waals surface area contributed by atoms with Crippen molar-refractivity contribution >= 4 is 28.2 Å². The topological polar surface area (TPSA) is 114 Å². The second-order valence-corrected chi connectivity index (χ2v) is 5.18. The van der Waals surface area contributed by atoms with Crippen LogP contribution in [-0.4, -0.2) is 45.6 Å². The Hall–Kier alpha value is -2.03. The Bertz CT molecular complexity index is 520. The van der Waals surface area contributed by atoms with Crippen LogP contribution >= 0.6 is 0 Å². The first-order valence-corrected chi connectivity index (χ1v) is 7.09. The van der Waals surface area contributed by atoms with Gasteiger partial charge >= 0.3 is 0 Å². The van der Waals surface area contributed by atoms with Gasteiger partial charge < -0.3 is 10.6 Å². The van der Waals surface area contributed by atoms with Gasteiger partial charge in [0.25, 0.3) is 11.6 Å². The molecular formula is C10H14N4O4S. The lowest BCUT2D eigenvalue weighted by molar-refractivity contribution is -0.385. The monoisotopic (exact) mass is 286 g/mol. The Morgan fingerprint density at radius 2 is 2.26 bits per heavy atom. The maximum Gasteiger partial charge on any atom is 0.300 e. The molecule has 1 rings (SSSR count). The number of nitrogens with one attached hydrogen (secondary N) is 2. The molecule has 19 heavy (non-hydrogen) atoms. The van der Waals surface area contributed by atoms with Gasteiger partial charge in [-0.15, -0.1) is 0 Å². The second-order valence-electron chi connectivity index (χ2n) is 3.63. The summed E-state index contributed by atoms with van der Waals surface area (Å²) in [6, 6.07) is 1.30. The number of nitrogens with zero attached hydrogens (tertiary/aromatic N) is 2. The van der Waals surface area contributed by atoms with Crippen LogP contribution in [0.2, 0.25) is 0 Å². The van der Waals surface area contributed by atoms with Crippen molar-refractivity contribution in [1.82, 2.24) is 10.3 Å². The predicted octanol–water partition coefficient (Wildman–Crippen LogP) is 0.140. The molecule has 1 atom stereocenters. The Morgan fingerprint density at radius 1 is 1.58 bits per heavy atom. The SMILES string of the molecule is CNc1cc(C(=O)NCCS(C)=O)c([N+](=O)[O-])cn1. The van der Waals surface area contributed by atoms with E-state index in [0.717, 1.165) is 6.20 Å². The first-order chi connectivity index (χ1) is 8.95. The molecule has 0 fully saturated rings. The molecule has 0 bridgehead atoms. The number of nitro groups is 1. The van der Waals surface area contributed by atoms with Gasteiger partial charge in [0.05, 0.1) is 4.92 Å². The summed E-state index contributed by atoms with van der Waals surface area (Å²) in [6.07, 6.45) is 2.54. The van der Waals surface area contributed by atoms with E-state index in [1.807, 2.05) is 0 Å². The fourth-order valence-corrected chi connectivity index (χ4v) is 1.71. The summed E-state index contributed by atoms with van der Waals surface area (Å²) in [6.45, 7) is 0.191. The fraction of sp³-hybridized carbons (Fsp3) is 0.400. The van der Waals surface area contributed by atoms with Crippen molar-refractivity contribution in [2.45, 2.75) is 0 Å². The minimum absolute atomic E-state index is 0.0776. The lowest BCUT2D eigenvalue weighted by Gasteiger charge is -2.06. The number of hydrogen-bond donors (Lipinski definition) is 2. The van der Waals surface area contributed by atoms with Gasteiger partial charge in [-0.2, -0.15) is 0 Å². The molecule has 0 aliphatic heterocycles. The summed E-state index contributed by atoms with van der Waals surface area (Å²) in [4.78, 5) is 25.8. The lowest BCUT2D eigenvalue weighted by atomic mass is 10.2. The molecular weight excluding hydrogens is 272 g/mol. The zero-order valence-electron chi connectivity index (χ0n) is 10.5. The third kappa shape index (κ3) is 4.28. The molecule has 8 nitrogen and oxygen atoms in total. The number of pyridine rings is 1. The van der Waals surface area contributed by atoms with Crippen LogP contribution < -0.4 is 10.6 Å². The number of hydrogen-bond acceptors (Lipinski definition) is 6. The second kappa shape index (κ2) is 6.78. The molecule has 0 saturated heterocycles. The summed E-state index contributed by atoms with van der Waals surface area (Å²) in [5.41, 5.74) is -0.444. The summed E-state index contributed by atoms with van der Waals surface area (Å²) >= 11 is 0. The molecule has 1 aromatic rings. The van der Waals surface area contributed by atoms with E-state index in [4.69, 9.17) is 0 Å². The smallest absolute Gasteiger partial charge is 0.300 e. The van der Waals surface area contributed by atoms with E-state index in [0.29, 0.717) is 11.6 Å². The normalized spacial score (nSPS) is 11.7. The van der Waals surface area contributed by atoms with Crippen molar-refractivity contribution in [2.24, 2.45) is 0 Å². The van der Waals surface area contributed by atoms with E-state index in [-0.39, 0.29) is 17.8 Å². The lowest BCUT2D eigenvalue weighted by Crippen LogP contribution is -2.28. The molecule has 1 amide bonds. The predicted molar refractivity (Wildman–Crippen MR) is 71.7 cm³/mol. The van der Waals surface area contributed by atoms with Gasteiger partial charge in [0.1, 0.15) is 17.6 Å². The summed E-state index contributed by atoms with van der Waals surface area (Å²) in [7, 11) is 0.562. The Balaban J connectivity index is 2.92. The molecule has 1 aromatic heterocycles. The van der Waals surface area contributed by atoms with Crippen LogP contribution in [0.3, 0.4) is 0 Å². The quantitative estimate of drug-likeness (QED) is 0.568. The number of carbonyl (C=O) groups excluding carboxylic acids is 1. The van der Waals surface area contributed by atoms with Gasteiger partial charge in [-0.05, 0) is 0 Å². The molecule has 1 heterocycles. The van der Waals surface area contributed by atoms with Gasteiger partial charge in [-0.25, -0.2) is 4.98 Å². The van der Waals surface area contributed by atoms with Crippen LogP contribution in [0.4, 0.5) is 11.5 Å². The van der Waals surface area contributed by atoms with Gasteiger partial charge in [0.15, 0.2) is 0 Å². The average Bonchev–Trinajstić information content (AvgIpc) is 2.37. The van der Waals surface area contributed by atoms with E-state index < -0.39 is 21.6 Å². The van der Waals surface area contributed by atoms with Crippen LogP contribution in [0.5, 0.6) is 0 Å². The third-order valence-corrected chi connectivity index (χ3v) is 3.03. The fourth-order valence-electron chi connectivity index (χ4n) is 1.32. The van der Waals surface area contributed by atoms with Crippen molar-refractivity contribution in [1.29, 1.82) is 0 Å². The van der Waals surface area contributed by atoms with Gasteiger partial charge in [0, 0.05) is 42.5 Å². The number of carbonyl (C=O) groups is 1. The zero-order chi connectivity index (χ0) is 14.4. The number of amides is 1. The van der Waals surface area contributed by atoms with E-state index >= 15 is 0 Å². The average molecular weight is 286 g/mol. The molecule has 0 saturated carbocycles. The minimum Gasteiger partial charge on any atom is -0.373 e. The van der Waals surface area contributed by atoms with Crippen molar-refractivity contribution in [3.63, 3.8) is 0 Å². The van der Waals surface area contributed by atoms with Crippen LogP contribution in [0, 0.1) is 10.1 Å². The Morgan fingerprint density at radius 3 is 2.79 bits per heavy atom. The number of rotatable bonds is 6. The van der Waals surface area contributed by atoms with Crippen LogP contribution in [0.1, 0.15) is 10.4 Å². The molecule has 0 aromatic carbocycles. The maximum absolute atomic E-state index is 11.8. The molecule has 104 valence electrons. The van der Waals surface area contributed by atoms with Crippen molar-refractivity contribution in [3.05, 3.63) is 27.9 Å². The van der Waals surface area contributed by atoms with Crippen LogP contribution in [0.25, 0.3) is 0 Å². The molecule has 1 unspecified atom stereocenters. The standard InChI is InChI=1S/C10H14N4O4S/c1-11-9-5-7(8(6-13-9)14(16)17)10(15)12-3-4-19(2)18/h5-6H,3-4H2,1-2H3,(H,11,13)(H,12,15). The largest absolute Gasteiger partial charge is 0.373 e. The Labute approximate surface area is 112 Å². The van der Waals surface area contributed by atoms with Crippen molar-refractivity contribution in [3.8, 4) is 0 Å². The van der Waals surface area contributed by atoms with E-state index in [1.54, 1.807) is 7.05 Å². The summed E-state index contributed by atoms with van der Waals surface area (Å²) in [5.74, 6) is 0.0645. The number of anilines is 1. The summed E-state index contributed by atoms with van der Waals surface area (Å²) in [5, 5.41) is 16.0. The van der Waals surface area contributed by atoms with Crippen LogP contribution in [0.15, 0.2) is 12.3 Å². The summed E-state index contributed by atoms with van der Waals surface area (Å²) < 4.78 is 10.9. The van der Waals surface area contributed by atoms with E-state index in [9.17, 15) is 19.1 Å². The molecule has 2 N–H and O–H groups in total. The minimum atomic E-state index is -1.03. The molecule has 0 aliphatic rings. The van der Waals surface area contributed by atoms with Gasteiger partial charge in [-0.3, -0.25) is 19.1 Å². The molecule has 0 aliphatic carbocycles. The van der Waals surface area contributed by atoms with Crippen LogP contribution in [-0.2, 0) is 10.8 Å². The number of aromatic nitrogens is 1. The first kappa shape index (κ1) is 15.0. The van der Waals surface area contributed by atoms with E-state index in [2.05, 4.69) is 15.6 Å².